The molecule has 0 unspecified atom stereocenters. The Kier molecular flexibility index (Phi) is 3.93. The highest BCUT2D eigenvalue weighted by Crippen LogP contribution is 2.39. The summed E-state index contributed by atoms with van der Waals surface area (Å²) in [4.78, 5) is 8.31. The van der Waals surface area contributed by atoms with Crippen LogP contribution < -0.4 is 11.1 Å². The molecular formula is C17H17F3N6. The quantitative estimate of drug-likeness (QED) is 0.661. The van der Waals surface area contributed by atoms with Crippen LogP contribution in [0.5, 0.6) is 0 Å². The minimum absolute atomic E-state index is 0.0320. The van der Waals surface area contributed by atoms with Gasteiger partial charge in [-0.05, 0) is 24.5 Å². The van der Waals surface area contributed by atoms with Gasteiger partial charge in [0.15, 0.2) is 5.65 Å². The van der Waals surface area contributed by atoms with Gasteiger partial charge < -0.3 is 11.1 Å². The van der Waals surface area contributed by atoms with Gasteiger partial charge in [0.05, 0.1) is 17.1 Å². The lowest BCUT2D eigenvalue weighted by Crippen LogP contribution is -2.24. The van der Waals surface area contributed by atoms with Crippen LogP contribution in [-0.4, -0.2) is 26.2 Å². The van der Waals surface area contributed by atoms with E-state index in [2.05, 4.69) is 25.5 Å². The summed E-state index contributed by atoms with van der Waals surface area (Å²) in [7, 11) is 0. The standard InChI is InChI=1S/C17H17F3N6/c18-17(19,20)10-4-1-3-9(7-10)11-5-2-6-13(11)23-14-12-8-22-26-15(12)25-16(21)24-14/h1,3-4,7-8,11,13H,2,5-6H2,(H4,21,22,23,24,25,26)/t11-,13+/m0/s1. The van der Waals surface area contributed by atoms with Crippen molar-refractivity contribution >= 4 is 22.8 Å². The van der Waals surface area contributed by atoms with Crippen molar-refractivity contribution in [3.63, 3.8) is 0 Å². The summed E-state index contributed by atoms with van der Waals surface area (Å²) in [5.74, 6) is 0.624. The van der Waals surface area contributed by atoms with E-state index in [1.807, 2.05) is 0 Å². The Labute approximate surface area is 147 Å². The first-order valence-electron chi connectivity index (χ1n) is 8.32. The smallest absolute Gasteiger partial charge is 0.368 e. The van der Waals surface area contributed by atoms with Crippen LogP contribution in [0.2, 0.25) is 0 Å². The molecule has 0 bridgehead atoms. The molecule has 4 rings (SSSR count). The molecule has 1 fully saturated rings. The predicted molar refractivity (Wildman–Crippen MR) is 91.5 cm³/mol. The number of hydrogen-bond donors (Lipinski definition) is 3. The zero-order valence-corrected chi connectivity index (χ0v) is 13.7. The Bertz CT molecular complexity index is 936. The van der Waals surface area contributed by atoms with Crippen molar-refractivity contribution in [1.29, 1.82) is 0 Å². The monoisotopic (exact) mass is 362 g/mol. The Morgan fingerprint density at radius 1 is 1.19 bits per heavy atom. The number of fused-ring (bicyclic) bond motifs is 1. The number of anilines is 2. The number of aromatic nitrogens is 4. The lowest BCUT2D eigenvalue weighted by atomic mass is 9.92. The van der Waals surface area contributed by atoms with Gasteiger partial charge in [-0.25, -0.2) is 0 Å². The summed E-state index contributed by atoms with van der Waals surface area (Å²) in [6.07, 6.45) is -0.168. The average Bonchev–Trinajstić information content (AvgIpc) is 3.23. The van der Waals surface area contributed by atoms with Crippen LogP contribution in [-0.2, 0) is 6.18 Å². The van der Waals surface area contributed by atoms with Gasteiger partial charge in [0, 0.05) is 12.0 Å². The number of H-pyrrole nitrogens is 1. The molecule has 2 heterocycles. The zero-order valence-electron chi connectivity index (χ0n) is 13.7. The lowest BCUT2D eigenvalue weighted by molar-refractivity contribution is -0.137. The van der Waals surface area contributed by atoms with Gasteiger partial charge >= 0.3 is 6.18 Å². The average molecular weight is 362 g/mol. The number of aromatic amines is 1. The minimum Gasteiger partial charge on any atom is -0.368 e. The highest BCUT2D eigenvalue weighted by Gasteiger charge is 2.34. The predicted octanol–water partition coefficient (Wildman–Crippen LogP) is 3.70. The van der Waals surface area contributed by atoms with Gasteiger partial charge in [0.2, 0.25) is 5.95 Å². The molecule has 1 aromatic carbocycles. The van der Waals surface area contributed by atoms with Crippen molar-refractivity contribution < 1.29 is 13.2 Å². The second-order valence-corrected chi connectivity index (χ2v) is 6.47. The molecule has 26 heavy (non-hydrogen) atoms. The molecule has 6 nitrogen and oxygen atoms in total. The van der Waals surface area contributed by atoms with Gasteiger partial charge in [-0.1, -0.05) is 24.6 Å². The topological polar surface area (TPSA) is 92.5 Å². The first-order valence-corrected chi connectivity index (χ1v) is 8.32. The lowest BCUT2D eigenvalue weighted by Gasteiger charge is -2.23. The van der Waals surface area contributed by atoms with Crippen LogP contribution in [0, 0.1) is 0 Å². The van der Waals surface area contributed by atoms with Crippen LogP contribution in [0.1, 0.15) is 36.3 Å². The van der Waals surface area contributed by atoms with Gasteiger partial charge in [-0.2, -0.15) is 28.2 Å². The number of nitrogens with zero attached hydrogens (tertiary/aromatic N) is 3. The first kappa shape index (κ1) is 16.6. The Hall–Kier alpha value is -2.84. The van der Waals surface area contributed by atoms with E-state index in [9.17, 15) is 13.2 Å². The molecule has 136 valence electrons. The van der Waals surface area contributed by atoms with Gasteiger partial charge in [0.1, 0.15) is 5.82 Å². The van der Waals surface area contributed by atoms with Crippen molar-refractivity contribution in [3.05, 3.63) is 41.6 Å². The molecule has 1 aliphatic rings. The summed E-state index contributed by atoms with van der Waals surface area (Å²) in [6, 6.07) is 5.52. The van der Waals surface area contributed by atoms with E-state index in [1.54, 1.807) is 12.3 Å². The molecule has 0 radical (unpaired) electrons. The van der Waals surface area contributed by atoms with Crippen molar-refractivity contribution in [2.75, 3.05) is 11.1 Å². The molecule has 1 aliphatic carbocycles. The molecule has 2 atom stereocenters. The van der Waals surface area contributed by atoms with Gasteiger partial charge in [-0.3, -0.25) is 5.10 Å². The number of alkyl halides is 3. The van der Waals surface area contributed by atoms with Crippen molar-refractivity contribution in [2.24, 2.45) is 0 Å². The number of nitrogen functional groups attached to an aromatic ring is 1. The highest BCUT2D eigenvalue weighted by molar-refractivity contribution is 5.87. The van der Waals surface area contributed by atoms with Gasteiger partial charge in [-0.15, -0.1) is 0 Å². The zero-order chi connectivity index (χ0) is 18.3. The molecule has 0 spiro atoms. The van der Waals surface area contributed by atoms with E-state index >= 15 is 0 Å². The maximum absolute atomic E-state index is 13.0. The van der Waals surface area contributed by atoms with E-state index < -0.39 is 11.7 Å². The van der Waals surface area contributed by atoms with Crippen molar-refractivity contribution in [2.45, 2.75) is 37.4 Å². The molecular weight excluding hydrogens is 345 g/mol. The SMILES string of the molecule is Nc1nc(N[C@@H]2CCC[C@H]2c2cccc(C(F)(F)F)c2)c2cn[nH]c2n1. The first-order chi connectivity index (χ1) is 12.4. The largest absolute Gasteiger partial charge is 0.416 e. The molecule has 0 amide bonds. The molecule has 3 aromatic rings. The van der Waals surface area contributed by atoms with Crippen LogP contribution in [0.15, 0.2) is 30.5 Å². The number of nitrogens with one attached hydrogen (secondary N) is 2. The Morgan fingerprint density at radius 3 is 2.85 bits per heavy atom. The highest BCUT2D eigenvalue weighted by atomic mass is 19.4. The molecule has 0 saturated heterocycles. The van der Waals surface area contributed by atoms with Crippen molar-refractivity contribution in [1.82, 2.24) is 20.2 Å². The molecule has 4 N–H and O–H groups in total. The Balaban J connectivity index is 1.64. The van der Waals surface area contributed by atoms with E-state index in [-0.39, 0.29) is 17.9 Å². The number of halogens is 3. The number of hydrogen-bond acceptors (Lipinski definition) is 5. The fourth-order valence-electron chi connectivity index (χ4n) is 3.62. The number of rotatable bonds is 3. The third-order valence-corrected chi connectivity index (χ3v) is 4.81. The summed E-state index contributed by atoms with van der Waals surface area (Å²) < 4.78 is 39.1. The summed E-state index contributed by atoms with van der Waals surface area (Å²) in [5.41, 5.74) is 6.32. The van der Waals surface area contributed by atoms with Crippen LogP contribution >= 0.6 is 0 Å². The summed E-state index contributed by atoms with van der Waals surface area (Å²) >= 11 is 0. The van der Waals surface area contributed by atoms with E-state index in [0.29, 0.717) is 22.4 Å². The minimum atomic E-state index is -4.35. The summed E-state index contributed by atoms with van der Waals surface area (Å²) in [5, 5.41) is 10.7. The second kappa shape index (κ2) is 6.15. The fourth-order valence-corrected chi connectivity index (χ4v) is 3.62. The molecule has 1 saturated carbocycles. The number of nitrogens with two attached hydrogens (primary N) is 1. The Morgan fingerprint density at radius 2 is 2.04 bits per heavy atom. The third-order valence-electron chi connectivity index (χ3n) is 4.81. The van der Waals surface area contributed by atoms with Gasteiger partial charge in [0.25, 0.3) is 0 Å². The normalized spacial score (nSPS) is 20.6. The third kappa shape index (κ3) is 3.04. The van der Waals surface area contributed by atoms with Crippen LogP contribution in [0.25, 0.3) is 11.0 Å². The number of benzene rings is 1. The molecule has 9 heteroatoms. The second-order valence-electron chi connectivity index (χ2n) is 6.47. The molecule has 0 aliphatic heterocycles. The maximum Gasteiger partial charge on any atom is 0.416 e. The van der Waals surface area contributed by atoms with Crippen LogP contribution in [0.3, 0.4) is 0 Å². The van der Waals surface area contributed by atoms with Crippen molar-refractivity contribution in [3.8, 4) is 0 Å². The van der Waals surface area contributed by atoms with E-state index in [0.717, 1.165) is 25.3 Å². The van der Waals surface area contributed by atoms with E-state index in [4.69, 9.17) is 5.73 Å². The fraction of sp³-hybridized carbons (Fsp3) is 0.353. The summed E-state index contributed by atoms with van der Waals surface area (Å²) in [6.45, 7) is 0. The van der Waals surface area contributed by atoms with Crippen LogP contribution in [0.4, 0.5) is 24.9 Å². The maximum atomic E-state index is 13.0. The molecule has 2 aromatic heterocycles. The van der Waals surface area contributed by atoms with E-state index in [1.165, 1.54) is 12.1 Å².